The zero-order valence-electron chi connectivity index (χ0n) is 6.52. The number of aliphatic carboxylic acids is 2. The van der Waals surface area contributed by atoms with Crippen LogP contribution in [0.1, 0.15) is 13.3 Å². The summed E-state index contributed by atoms with van der Waals surface area (Å²) in [7, 11) is 0. The molecule has 0 aliphatic rings. The molecule has 0 saturated heterocycles. The predicted octanol–water partition coefficient (Wildman–Crippen LogP) is -0.118. The Kier molecular flexibility index (Phi) is 4.98. The van der Waals surface area contributed by atoms with Gasteiger partial charge in [0.05, 0.1) is 6.61 Å². The van der Waals surface area contributed by atoms with Crippen molar-refractivity contribution in [2.45, 2.75) is 19.4 Å². The lowest BCUT2D eigenvalue weighted by molar-refractivity contribution is -0.315. The lowest BCUT2D eigenvalue weighted by Gasteiger charge is -2.06. The van der Waals surface area contributed by atoms with Gasteiger partial charge in [-0.3, -0.25) is 0 Å². The van der Waals surface area contributed by atoms with Crippen LogP contribution in [0.5, 0.6) is 0 Å². The third-order valence-electron chi connectivity index (χ3n) is 0.900. The average Bonchev–Trinajstić information content (AvgIpc) is 1.96. The molecule has 2 N–H and O–H groups in total. The fourth-order valence-electron chi connectivity index (χ4n) is 0.387. The molecule has 70 valence electrons. The Labute approximate surface area is 68.6 Å². The Bertz CT molecular complexity index is 151. The van der Waals surface area contributed by atoms with Gasteiger partial charge in [-0.15, -0.1) is 0 Å². The second-order valence-corrected chi connectivity index (χ2v) is 1.97. The first-order chi connectivity index (χ1) is 5.59. The zero-order valence-corrected chi connectivity index (χ0v) is 6.52. The van der Waals surface area contributed by atoms with Gasteiger partial charge in [-0.25, -0.2) is 19.4 Å². The highest BCUT2D eigenvalue weighted by Gasteiger charge is 2.27. The van der Waals surface area contributed by atoms with E-state index < -0.39 is 18.0 Å². The quantitative estimate of drug-likeness (QED) is 0.255. The molecule has 0 aliphatic carbocycles. The van der Waals surface area contributed by atoms with Gasteiger partial charge < -0.3 is 10.2 Å². The molecule has 6 nitrogen and oxygen atoms in total. The van der Waals surface area contributed by atoms with Crippen molar-refractivity contribution >= 4 is 11.9 Å². The zero-order chi connectivity index (χ0) is 9.56. The number of hydrogen-bond acceptors (Lipinski definition) is 4. The summed E-state index contributed by atoms with van der Waals surface area (Å²) in [6, 6.07) is 0. The van der Waals surface area contributed by atoms with Gasteiger partial charge in [0.2, 0.25) is 0 Å². The lowest BCUT2D eigenvalue weighted by Crippen LogP contribution is -2.32. The number of rotatable bonds is 6. The van der Waals surface area contributed by atoms with E-state index in [1.807, 2.05) is 0 Å². The van der Waals surface area contributed by atoms with Gasteiger partial charge in [0.1, 0.15) is 0 Å². The number of carboxylic acids is 2. The Hall–Kier alpha value is -1.14. The Morgan fingerprint density at radius 2 is 1.83 bits per heavy atom. The summed E-state index contributed by atoms with van der Waals surface area (Å²) < 4.78 is 0. The molecule has 0 amide bonds. The van der Waals surface area contributed by atoms with E-state index in [1.54, 1.807) is 6.92 Å². The number of carboxylic acid groups (broad SMARTS) is 2. The molecule has 0 atom stereocenters. The normalized spacial score (nSPS) is 10.2. The molecule has 0 aromatic rings. The topological polar surface area (TPSA) is 93.1 Å². The fourth-order valence-corrected chi connectivity index (χ4v) is 0.387. The van der Waals surface area contributed by atoms with Gasteiger partial charge in [0, 0.05) is 0 Å². The van der Waals surface area contributed by atoms with Gasteiger partial charge in [-0.1, -0.05) is 6.92 Å². The summed E-state index contributed by atoms with van der Waals surface area (Å²) in [5, 5.41) is 16.5. The van der Waals surface area contributed by atoms with E-state index in [4.69, 9.17) is 10.2 Å². The highest BCUT2D eigenvalue weighted by molar-refractivity contribution is 5.95. The summed E-state index contributed by atoms with van der Waals surface area (Å²) in [4.78, 5) is 28.7. The molecule has 12 heavy (non-hydrogen) atoms. The second kappa shape index (κ2) is 5.50. The van der Waals surface area contributed by atoms with Crippen LogP contribution >= 0.6 is 0 Å². The molecule has 0 aromatic heterocycles. The van der Waals surface area contributed by atoms with Crippen LogP contribution in [0.2, 0.25) is 0 Å². The highest BCUT2D eigenvalue weighted by atomic mass is 17.2. The Morgan fingerprint density at radius 3 is 2.17 bits per heavy atom. The predicted molar refractivity (Wildman–Crippen MR) is 36.4 cm³/mol. The summed E-state index contributed by atoms with van der Waals surface area (Å²) in [5.41, 5.74) is 0. The molecule has 6 heteroatoms. The molecule has 0 saturated carbocycles. The molecule has 0 rings (SSSR count). The Balaban J connectivity index is 3.80. The maximum Gasteiger partial charge on any atom is 0.348 e. The minimum absolute atomic E-state index is 0.164. The van der Waals surface area contributed by atoms with E-state index in [2.05, 4.69) is 9.78 Å². The second-order valence-electron chi connectivity index (χ2n) is 1.97. The van der Waals surface area contributed by atoms with Crippen LogP contribution in [0.4, 0.5) is 0 Å². The van der Waals surface area contributed by atoms with Crippen LogP contribution in [-0.2, 0) is 19.4 Å². The molecule has 0 aliphatic heterocycles. The van der Waals surface area contributed by atoms with Crippen LogP contribution in [-0.4, -0.2) is 34.9 Å². The SMILES string of the molecule is CCCOOC(C(=O)O)C(=O)O. The molecular weight excluding hydrogens is 168 g/mol. The number of hydrogen-bond donors (Lipinski definition) is 2. The van der Waals surface area contributed by atoms with Crippen molar-refractivity contribution in [2.24, 2.45) is 0 Å². The van der Waals surface area contributed by atoms with Crippen molar-refractivity contribution in [3.63, 3.8) is 0 Å². The fraction of sp³-hybridized carbons (Fsp3) is 0.667. The van der Waals surface area contributed by atoms with Gasteiger partial charge >= 0.3 is 11.9 Å². The third-order valence-corrected chi connectivity index (χ3v) is 0.900. The van der Waals surface area contributed by atoms with Crippen molar-refractivity contribution in [3.05, 3.63) is 0 Å². The average molecular weight is 178 g/mol. The number of carbonyl (C=O) groups is 2. The first-order valence-corrected chi connectivity index (χ1v) is 3.33. The maximum atomic E-state index is 10.1. The van der Waals surface area contributed by atoms with Crippen molar-refractivity contribution < 1.29 is 29.6 Å². The monoisotopic (exact) mass is 178 g/mol. The van der Waals surface area contributed by atoms with Crippen LogP contribution in [0.3, 0.4) is 0 Å². The van der Waals surface area contributed by atoms with E-state index in [0.717, 1.165) is 0 Å². The molecular formula is C6H10O6. The minimum Gasteiger partial charge on any atom is -0.479 e. The van der Waals surface area contributed by atoms with Gasteiger partial charge in [-0.05, 0) is 6.42 Å². The van der Waals surface area contributed by atoms with E-state index in [-0.39, 0.29) is 6.61 Å². The van der Waals surface area contributed by atoms with E-state index in [0.29, 0.717) is 6.42 Å². The van der Waals surface area contributed by atoms with Crippen LogP contribution < -0.4 is 0 Å². The molecule has 0 spiro atoms. The van der Waals surface area contributed by atoms with Gasteiger partial charge in [0.15, 0.2) is 0 Å². The first kappa shape index (κ1) is 10.9. The van der Waals surface area contributed by atoms with Crippen LogP contribution in [0.15, 0.2) is 0 Å². The van der Waals surface area contributed by atoms with Gasteiger partial charge in [0.25, 0.3) is 6.10 Å². The van der Waals surface area contributed by atoms with Crippen molar-refractivity contribution in [2.75, 3.05) is 6.61 Å². The minimum atomic E-state index is -1.95. The smallest absolute Gasteiger partial charge is 0.348 e. The molecule has 0 unspecified atom stereocenters. The maximum absolute atomic E-state index is 10.1. The summed E-state index contributed by atoms with van der Waals surface area (Å²) >= 11 is 0. The van der Waals surface area contributed by atoms with Crippen LogP contribution in [0, 0.1) is 0 Å². The molecule has 0 fully saturated rings. The Morgan fingerprint density at radius 1 is 1.33 bits per heavy atom. The van der Waals surface area contributed by atoms with Crippen LogP contribution in [0.25, 0.3) is 0 Å². The standard InChI is InChI=1S/C6H10O6/c1-2-3-11-12-4(5(7)8)6(9)10/h4H,2-3H2,1H3,(H,7,8)(H,9,10). The van der Waals surface area contributed by atoms with Crippen molar-refractivity contribution in [1.82, 2.24) is 0 Å². The molecule has 0 heterocycles. The largest absolute Gasteiger partial charge is 0.479 e. The highest BCUT2D eigenvalue weighted by Crippen LogP contribution is 1.94. The molecule has 0 radical (unpaired) electrons. The summed E-state index contributed by atoms with van der Waals surface area (Å²) in [5.74, 6) is -3.17. The summed E-state index contributed by atoms with van der Waals surface area (Å²) in [6.45, 7) is 1.94. The van der Waals surface area contributed by atoms with Crippen molar-refractivity contribution in [1.29, 1.82) is 0 Å². The van der Waals surface area contributed by atoms with E-state index >= 15 is 0 Å². The lowest BCUT2D eigenvalue weighted by atomic mass is 10.4. The van der Waals surface area contributed by atoms with E-state index in [9.17, 15) is 9.59 Å². The summed E-state index contributed by atoms with van der Waals surface area (Å²) in [6.07, 6.45) is -1.33. The first-order valence-electron chi connectivity index (χ1n) is 3.33. The molecule has 0 bridgehead atoms. The molecule has 0 aromatic carbocycles. The van der Waals surface area contributed by atoms with Crippen molar-refractivity contribution in [3.8, 4) is 0 Å². The third kappa shape index (κ3) is 3.89. The van der Waals surface area contributed by atoms with E-state index in [1.165, 1.54) is 0 Å². The van der Waals surface area contributed by atoms with Gasteiger partial charge in [-0.2, -0.15) is 0 Å².